The lowest BCUT2D eigenvalue weighted by atomic mass is 9.98. The highest BCUT2D eigenvalue weighted by Crippen LogP contribution is 2.32. The van der Waals surface area contributed by atoms with E-state index in [-0.39, 0.29) is 17.8 Å². The first-order valence-electron chi connectivity index (χ1n) is 10.1. The fourth-order valence-electron chi connectivity index (χ4n) is 3.23. The van der Waals surface area contributed by atoms with E-state index in [1.165, 1.54) is 24.3 Å². The summed E-state index contributed by atoms with van der Waals surface area (Å²) in [6.45, 7) is 4.88. The maximum Gasteiger partial charge on any atom is 0.251 e. The van der Waals surface area contributed by atoms with Gasteiger partial charge in [0.1, 0.15) is 5.82 Å². The van der Waals surface area contributed by atoms with Crippen LogP contribution in [0.4, 0.5) is 4.39 Å². The minimum absolute atomic E-state index is 0.261. The molecule has 1 N–H and O–H groups in total. The Bertz CT molecular complexity index is 958. The highest BCUT2D eigenvalue weighted by Gasteiger charge is 2.19. The molecular weight excluding hydrogens is 381 g/mol. The normalized spacial score (nSPS) is 11.6. The number of amides is 1. The van der Waals surface area contributed by atoms with Crippen LogP contribution >= 0.6 is 0 Å². The van der Waals surface area contributed by atoms with Gasteiger partial charge < -0.3 is 14.8 Å². The van der Waals surface area contributed by atoms with Crippen LogP contribution in [0.1, 0.15) is 41.4 Å². The van der Waals surface area contributed by atoms with Crippen molar-refractivity contribution in [2.75, 3.05) is 13.2 Å². The number of ether oxygens (including phenoxy) is 2. The molecule has 3 aromatic carbocycles. The van der Waals surface area contributed by atoms with Crippen molar-refractivity contribution in [3.8, 4) is 11.5 Å². The van der Waals surface area contributed by atoms with Gasteiger partial charge >= 0.3 is 0 Å². The topological polar surface area (TPSA) is 47.6 Å². The summed E-state index contributed by atoms with van der Waals surface area (Å²) in [5, 5.41) is 3.08. The van der Waals surface area contributed by atoms with Crippen LogP contribution in [0.2, 0.25) is 0 Å². The van der Waals surface area contributed by atoms with Gasteiger partial charge in [0.25, 0.3) is 5.91 Å². The predicted molar refractivity (Wildman–Crippen MR) is 116 cm³/mol. The van der Waals surface area contributed by atoms with Gasteiger partial charge in [0, 0.05) is 5.56 Å². The van der Waals surface area contributed by atoms with Crippen LogP contribution in [-0.2, 0) is 6.42 Å². The fraction of sp³-hybridized carbons (Fsp3) is 0.240. The van der Waals surface area contributed by atoms with Crippen LogP contribution in [-0.4, -0.2) is 19.1 Å². The van der Waals surface area contributed by atoms with Crippen molar-refractivity contribution < 1.29 is 18.7 Å². The number of nitrogens with one attached hydrogen (secondary N) is 1. The summed E-state index contributed by atoms with van der Waals surface area (Å²) >= 11 is 0. The zero-order chi connectivity index (χ0) is 21.3. The van der Waals surface area contributed by atoms with Crippen LogP contribution in [0.3, 0.4) is 0 Å². The van der Waals surface area contributed by atoms with Crippen LogP contribution in [0.25, 0.3) is 0 Å². The smallest absolute Gasteiger partial charge is 0.251 e. The van der Waals surface area contributed by atoms with Crippen LogP contribution in [0.15, 0.2) is 72.8 Å². The van der Waals surface area contributed by atoms with E-state index in [0.717, 1.165) is 11.1 Å². The maximum absolute atomic E-state index is 13.2. The van der Waals surface area contributed by atoms with Gasteiger partial charge in [-0.15, -0.1) is 0 Å². The van der Waals surface area contributed by atoms with E-state index >= 15 is 0 Å². The first-order chi connectivity index (χ1) is 14.6. The van der Waals surface area contributed by atoms with Crippen molar-refractivity contribution in [3.63, 3.8) is 0 Å². The van der Waals surface area contributed by atoms with Crippen molar-refractivity contribution in [1.82, 2.24) is 5.32 Å². The molecule has 0 aliphatic heterocycles. The Hall–Kier alpha value is -3.34. The van der Waals surface area contributed by atoms with E-state index < -0.39 is 0 Å². The van der Waals surface area contributed by atoms with Crippen LogP contribution in [0, 0.1) is 5.82 Å². The van der Waals surface area contributed by atoms with E-state index in [1.807, 2.05) is 62.4 Å². The Morgan fingerprint density at radius 2 is 1.57 bits per heavy atom. The number of halogens is 1. The standard InChI is InChI=1S/C25H26FNO3/c1-3-29-23-15-12-20(17-24(23)30-4-2)22(16-18-8-6-5-7-9-18)27-25(28)19-10-13-21(26)14-11-19/h5-15,17,22H,3-4,16H2,1-2H3,(H,27,28)/t22-/m1/s1. The summed E-state index contributed by atoms with van der Waals surface area (Å²) < 4.78 is 24.6. The second kappa shape index (κ2) is 10.4. The van der Waals surface area contributed by atoms with E-state index in [4.69, 9.17) is 9.47 Å². The molecule has 0 bridgehead atoms. The molecule has 0 saturated carbocycles. The molecule has 1 amide bonds. The summed E-state index contributed by atoms with van der Waals surface area (Å²) in [4.78, 5) is 12.8. The Labute approximate surface area is 176 Å². The lowest BCUT2D eigenvalue weighted by Gasteiger charge is -2.21. The number of carbonyl (C=O) groups is 1. The molecule has 156 valence electrons. The summed E-state index contributed by atoms with van der Waals surface area (Å²) in [5.41, 5.74) is 2.40. The largest absolute Gasteiger partial charge is 0.490 e. The van der Waals surface area contributed by atoms with Gasteiger partial charge in [-0.2, -0.15) is 0 Å². The van der Waals surface area contributed by atoms with E-state index in [0.29, 0.717) is 36.7 Å². The van der Waals surface area contributed by atoms with Gasteiger partial charge in [-0.3, -0.25) is 4.79 Å². The molecule has 0 aliphatic carbocycles. The average molecular weight is 407 g/mol. The summed E-state index contributed by atoms with van der Waals surface area (Å²) in [6.07, 6.45) is 0.604. The summed E-state index contributed by atoms with van der Waals surface area (Å²) in [7, 11) is 0. The predicted octanol–water partition coefficient (Wildman–Crippen LogP) is 5.34. The Morgan fingerprint density at radius 3 is 2.23 bits per heavy atom. The van der Waals surface area contributed by atoms with Gasteiger partial charge in [0.2, 0.25) is 0 Å². The molecule has 1 atom stereocenters. The van der Waals surface area contributed by atoms with Crippen molar-refractivity contribution in [1.29, 1.82) is 0 Å². The number of carbonyl (C=O) groups excluding carboxylic acids is 1. The van der Waals surface area contributed by atoms with Gasteiger partial charge in [-0.05, 0) is 67.8 Å². The monoisotopic (exact) mass is 407 g/mol. The van der Waals surface area contributed by atoms with Crippen molar-refractivity contribution in [2.24, 2.45) is 0 Å². The fourth-order valence-corrected chi connectivity index (χ4v) is 3.23. The number of hydrogen-bond donors (Lipinski definition) is 1. The SMILES string of the molecule is CCOc1ccc([C@@H](Cc2ccccc2)NC(=O)c2ccc(F)cc2)cc1OCC. The lowest BCUT2D eigenvalue weighted by Crippen LogP contribution is -2.30. The molecule has 3 aromatic rings. The first-order valence-corrected chi connectivity index (χ1v) is 10.1. The van der Waals surface area contributed by atoms with Crippen molar-refractivity contribution >= 4 is 5.91 Å². The molecule has 0 aromatic heterocycles. The molecule has 0 aliphatic rings. The quantitative estimate of drug-likeness (QED) is 0.521. The Morgan fingerprint density at radius 1 is 0.900 bits per heavy atom. The van der Waals surface area contributed by atoms with Gasteiger partial charge in [0.15, 0.2) is 11.5 Å². The van der Waals surface area contributed by atoms with Gasteiger partial charge in [-0.25, -0.2) is 4.39 Å². The highest BCUT2D eigenvalue weighted by molar-refractivity contribution is 5.94. The Kier molecular flexibility index (Phi) is 7.44. The van der Waals surface area contributed by atoms with Gasteiger partial charge in [0.05, 0.1) is 19.3 Å². The molecule has 0 unspecified atom stereocenters. The Balaban J connectivity index is 1.91. The maximum atomic E-state index is 13.2. The molecule has 5 heteroatoms. The van der Waals surface area contributed by atoms with E-state index in [9.17, 15) is 9.18 Å². The number of rotatable bonds is 9. The molecule has 0 radical (unpaired) electrons. The summed E-state index contributed by atoms with van der Waals surface area (Å²) in [5.74, 6) is 0.681. The molecule has 0 saturated heterocycles. The lowest BCUT2D eigenvalue weighted by molar-refractivity contribution is 0.0936. The number of hydrogen-bond acceptors (Lipinski definition) is 3. The van der Waals surface area contributed by atoms with Crippen LogP contribution in [0.5, 0.6) is 11.5 Å². The van der Waals surface area contributed by atoms with E-state index in [1.54, 1.807) is 0 Å². The average Bonchev–Trinajstić information content (AvgIpc) is 2.76. The molecule has 30 heavy (non-hydrogen) atoms. The molecule has 0 fully saturated rings. The van der Waals surface area contributed by atoms with E-state index in [2.05, 4.69) is 5.32 Å². The van der Waals surface area contributed by atoms with Crippen molar-refractivity contribution in [3.05, 3.63) is 95.3 Å². The van der Waals surface area contributed by atoms with Gasteiger partial charge in [-0.1, -0.05) is 36.4 Å². The van der Waals surface area contributed by atoms with Crippen LogP contribution < -0.4 is 14.8 Å². The second-order valence-electron chi connectivity index (χ2n) is 6.79. The third kappa shape index (κ3) is 5.60. The highest BCUT2D eigenvalue weighted by atomic mass is 19.1. The molecule has 0 spiro atoms. The van der Waals surface area contributed by atoms with Crippen molar-refractivity contribution in [2.45, 2.75) is 26.3 Å². The third-order valence-corrected chi connectivity index (χ3v) is 4.66. The minimum Gasteiger partial charge on any atom is -0.490 e. The first kappa shape index (κ1) is 21.4. The molecule has 3 rings (SSSR count). The number of benzene rings is 3. The zero-order valence-corrected chi connectivity index (χ0v) is 17.2. The molecule has 4 nitrogen and oxygen atoms in total. The zero-order valence-electron chi connectivity index (χ0n) is 17.2. The molecule has 0 heterocycles. The minimum atomic E-state index is -0.375. The second-order valence-corrected chi connectivity index (χ2v) is 6.79. The molecular formula is C25H26FNO3. The summed E-state index contributed by atoms with van der Waals surface area (Å²) in [6, 6.07) is 20.9. The third-order valence-electron chi connectivity index (χ3n) is 4.66.